The van der Waals surface area contributed by atoms with Crippen molar-refractivity contribution in [3.8, 4) is 0 Å². The van der Waals surface area contributed by atoms with Crippen molar-refractivity contribution in [3.05, 3.63) is 30.5 Å². The molecule has 0 atom stereocenters. The van der Waals surface area contributed by atoms with Crippen molar-refractivity contribution in [1.82, 2.24) is 20.2 Å². The summed E-state index contributed by atoms with van der Waals surface area (Å²) in [7, 11) is 1.74. The largest absolute Gasteiger partial charge is 0.336 e. The molecule has 1 aliphatic heterocycles. The van der Waals surface area contributed by atoms with Crippen LogP contribution in [0.25, 0.3) is 0 Å². The van der Waals surface area contributed by atoms with Crippen molar-refractivity contribution >= 4 is 17.4 Å². The Morgan fingerprint density at radius 3 is 2.62 bits per heavy atom. The zero-order valence-corrected chi connectivity index (χ0v) is 12.7. The second-order valence-corrected chi connectivity index (χ2v) is 5.12. The third-order valence-electron chi connectivity index (χ3n) is 3.02. The average Bonchev–Trinajstić information content (AvgIpc) is 2.46. The van der Waals surface area contributed by atoms with E-state index in [2.05, 4.69) is 20.4 Å². The number of nitrogens with zero attached hydrogens (tertiary/aromatic N) is 5. The molecule has 1 aromatic heterocycles. The number of aromatic nitrogens is 2. The van der Waals surface area contributed by atoms with Gasteiger partial charge in [0.2, 0.25) is 0 Å². The van der Waals surface area contributed by atoms with Gasteiger partial charge in [-0.2, -0.15) is 5.10 Å². The monoisotopic (exact) mass is 288 g/mol. The Kier molecular flexibility index (Phi) is 4.52. The minimum absolute atomic E-state index is 0.0966. The predicted octanol–water partition coefficient (Wildman–Crippen LogP) is 1.61. The number of hydrazone groups is 1. The Balaban J connectivity index is 2.10. The van der Waals surface area contributed by atoms with E-state index in [1.54, 1.807) is 29.4 Å². The second-order valence-electron chi connectivity index (χ2n) is 5.12. The van der Waals surface area contributed by atoms with Gasteiger partial charge in [0.05, 0.1) is 36.0 Å². The van der Waals surface area contributed by atoms with Gasteiger partial charge in [-0.25, -0.2) is 14.8 Å². The lowest BCUT2D eigenvalue weighted by Crippen LogP contribution is -2.42. The molecule has 1 aliphatic rings. The molecular formula is C14H20N6O. The van der Waals surface area contributed by atoms with Crippen LogP contribution in [0.4, 0.5) is 10.5 Å². The molecule has 0 saturated carbocycles. The lowest BCUT2D eigenvalue weighted by atomic mass is 10.2. The van der Waals surface area contributed by atoms with E-state index in [0.717, 1.165) is 17.1 Å². The summed E-state index contributed by atoms with van der Waals surface area (Å²) in [6.07, 6.45) is 6.86. The molecule has 0 spiro atoms. The molecule has 112 valence electrons. The highest BCUT2D eigenvalue weighted by Crippen LogP contribution is 2.18. The number of allylic oxidation sites excluding steroid dienone is 1. The fourth-order valence-corrected chi connectivity index (χ4v) is 2.01. The first-order valence-corrected chi connectivity index (χ1v) is 6.81. The van der Waals surface area contributed by atoms with E-state index < -0.39 is 0 Å². The van der Waals surface area contributed by atoms with Crippen molar-refractivity contribution in [2.24, 2.45) is 5.10 Å². The maximum Gasteiger partial charge on any atom is 0.321 e. The van der Waals surface area contributed by atoms with Crippen LogP contribution in [0, 0.1) is 0 Å². The van der Waals surface area contributed by atoms with Gasteiger partial charge in [-0.15, -0.1) is 0 Å². The Labute approximate surface area is 124 Å². The van der Waals surface area contributed by atoms with Crippen LogP contribution in [0.15, 0.2) is 35.6 Å². The highest BCUT2D eigenvalue weighted by atomic mass is 16.2. The molecule has 7 nitrogen and oxygen atoms in total. The molecule has 0 aromatic carbocycles. The van der Waals surface area contributed by atoms with Gasteiger partial charge in [0.1, 0.15) is 6.33 Å². The fraction of sp³-hybridized carbons (Fsp3) is 0.429. The summed E-state index contributed by atoms with van der Waals surface area (Å²) < 4.78 is 0. The quantitative estimate of drug-likeness (QED) is 0.917. The molecule has 0 saturated heterocycles. The van der Waals surface area contributed by atoms with Gasteiger partial charge >= 0.3 is 6.03 Å². The van der Waals surface area contributed by atoms with Crippen LogP contribution >= 0.6 is 0 Å². The minimum atomic E-state index is -0.137. The molecule has 2 amide bonds. The topological polar surface area (TPSA) is 73.7 Å². The first-order valence-electron chi connectivity index (χ1n) is 6.81. The number of nitrogens with one attached hydrogen (secondary N) is 1. The van der Waals surface area contributed by atoms with Crippen LogP contribution in [0.3, 0.4) is 0 Å². The maximum absolute atomic E-state index is 12.0. The van der Waals surface area contributed by atoms with Crippen LogP contribution in [0.5, 0.6) is 0 Å². The van der Waals surface area contributed by atoms with Crippen molar-refractivity contribution in [2.45, 2.75) is 26.8 Å². The third kappa shape index (κ3) is 3.56. The van der Waals surface area contributed by atoms with Crippen LogP contribution in [0.1, 0.15) is 20.8 Å². The Morgan fingerprint density at radius 2 is 2.05 bits per heavy atom. The second kappa shape index (κ2) is 6.34. The number of hydrogen-bond acceptors (Lipinski definition) is 5. The Bertz CT molecular complexity index is 566. The summed E-state index contributed by atoms with van der Waals surface area (Å²) in [5.41, 5.74) is 2.40. The third-order valence-corrected chi connectivity index (χ3v) is 3.02. The van der Waals surface area contributed by atoms with Gasteiger partial charge in [-0.1, -0.05) is 0 Å². The van der Waals surface area contributed by atoms with E-state index >= 15 is 0 Å². The minimum Gasteiger partial charge on any atom is -0.336 e. The number of urea groups is 1. The molecule has 0 unspecified atom stereocenters. The van der Waals surface area contributed by atoms with Crippen molar-refractivity contribution < 1.29 is 4.79 Å². The summed E-state index contributed by atoms with van der Waals surface area (Å²) >= 11 is 0. The first-order chi connectivity index (χ1) is 9.99. The van der Waals surface area contributed by atoms with Crippen molar-refractivity contribution in [2.75, 3.05) is 18.6 Å². The molecule has 1 N–H and O–H groups in total. The Hall–Kier alpha value is -2.44. The van der Waals surface area contributed by atoms with Gasteiger partial charge in [-0.05, 0) is 26.8 Å². The van der Waals surface area contributed by atoms with Crippen LogP contribution in [-0.4, -0.2) is 46.2 Å². The number of carbonyl (C=O) groups excluding carboxylic acids is 1. The van der Waals surface area contributed by atoms with Gasteiger partial charge in [-0.3, -0.25) is 9.91 Å². The van der Waals surface area contributed by atoms with Crippen molar-refractivity contribution in [3.63, 3.8) is 0 Å². The SMILES string of the molecule is CC1=NN(c2cncnc2)CC=C1N(C)C(=O)NC(C)C. The van der Waals surface area contributed by atoms with Gasteiger partial charge in [0.15, 0.2) is 0 Å². The predicted molar refractivity (Wildman–Crippen MR) is 82.0 cm³/mol. The number of amides is 2. The van der Waals surface area contributed by atoms with E-state index in [4.69, 9.17) is 0 Å². The zero-order chi connectivity index (χ0) is 15.4. The highest BCUT2D eigenvalue weighted by Gasteiger charge is 2.20. The summed E-state index contributed by atoms with van der Waals surface area (Å²) in [5, 5.41) is 9.16. The van der Waals surface area contributed by atoms with Gasteiger partial charge in [0.25, 0.3) is 0 Å². The summed E-state index contributed by atoms with van der Waals surface area (Å²) in [5.74, 6) is 0. The highest BCUT2D eigenvalue weighted by molar-refractivity contribution is 6.02. The Morgan fingerprint density at radius 1 is 1.38 bits per heavy atom. The normalized spacial score (nSPS) is 14.6. The molecular weight excluding hydrogens is 268 g/mol. The molecule has 2 rings (SSSR count). The molecule has 0 fully saturated rings. The standard InChI is InChI=1S/C14H20N6O/c1-10(2)17-14(21)19(4)13-5-6-20(18-11(13)3)12-7-15-9-16-8-12/h5,7-10H,6H2,1-4H3,(H,17,21). The molecule has 0 aliphatic carbocycles. The van der Waals surface area contributed by atoms with Crippen LogP contribution in [0.2, 0.25) is 0 Å². The molecule has 7 heteroatoms. The number of carbonyl (C=O) groups is 1. The molecule has 1 aromatic rings. The molecule has 0 radical (unpaired) electrons. The zero-order valence-electron chi connectivity index (χ0n) is 12.7. The van der Waals surface area contributed by atoms with E-state index in [-0.39, 0.29) is 12.1 Å². The molecule has 2 heterocycles. The van der Waals surface area contributed by atoms with Gasteiger partial charge in [0, 0.05) is 13.1 Å². The molecule has 21 heavy (non-hydrogen) atoms. The van der Waals surface area contributed by atoms with E-state index in [1.807, 2.05) is 26.8 Å². The maximum atomic E-state index is 12.0. The van der Waals surface area contributed by atoms with E-state index in [0.29, 0.717) is 6.54 Å². The lowest BCUT2D eigenvalue weighted by molar-refractivity contribution is 0.218. The number of hydrogen-bond donors (Lipinski definition) is 1. The average molecular weight is 288 g/mol. The molecule has 0 bridgehead atoms. The first kappa shape index (κ1) is 15.0. The smallest absolute Gasteiger partial charge is 0.321 e. The van der Waals surface area contributed by atoms with Gasteiger partial charge < -0.3 is 5.32 Å². The summed E-state index contributed by atoms with van der Waals surface area (Å²) in [6, 6.07) is -0.0401. The fourth-order valence-electron chi connectivity index (χ4n) is 2.01. The van der Waals surface area contributed by atoms with E-state index in [9.17, 15) is 4.79 Å². The van der Waals surface area contributed by atoms with Crippen LogP contribution in [-0.2, 0) is 0 Å². The van der Waals surface area contributed by atoms with Crippen LogP contribution < -0.4 is 10.3 Å². The van der Waals surface area contributed by atoms with E-state index in [1.165, 1.54) is 6.33 Å². The lowest BCUT2D eigenvalue weighted by Gasteiger charge is -2.28. The summed E-state index contributed by atoms with van der Waals surface area (Å²) in [4.78, 5) is 21.6. The number of rotatable bonds is 3. The summed E-state index contributed by atoms with van der Waals surface area (Å²) in [6.45, 7) is 6.30. The van der Waals surface area contributed by atoms with Crippen molar-refractivity contribution in [1.29, 1.82) is 0 Å². The number of anilines is 1.